The number of anilines is 2. The number of nitrogens with one attached hydrogen (secondary N) is 3. The van der Waals surface area contributed by atoms with Crippen molar-refractivity contribution in [3.05, 3.63) is 138 Å². The Kier molecular flexibility index (Phi) is 12.1. The van der Waals surface area contributed by atoms with Crippen LogP contribution in [-0.2, 0) is 9.59 Å². The van der Waals surface area contributed by atoms with Gasteiger partial charge in [-0.15, -0.1) is 11.8 Å². The van der Waals surface area contributed by atoms with Crippen molar-refractivity contribution in [1.29, 1.82) is 0 Å². The van der Waals surface area contributed by atoms with Crippen molar-refractivity contribution >= 4 is 67.9 Å². The van der Waals surface area contributed by atoms with Crippen LogP contribution in [-0.4, -0.2) is 51.1 Å². The molecule has 1 aromatic heterocycles. The SMILES string of the molecule is COc1ccc2nc(NC(=O)C(Sc3cccc(NC(=O)/C(=C\c4cc(OC)c(OC)c(OC)c4)NC(=O)c4ccccc4)c3)c3ccccc3)sc2c1. The van der Waals surface area contributed by atoms with Crippen LogP contribution in [0.4, 0.5) is 10.8 Å². The molecule has 3 N–H and O–H groups in total. The van der Waals surface area contributed by atoms with Crippen molar-refractivity contribution in [1.82, 2.24) is 10.3 Å². The lowest BCUT2D eigenvalue weighted by Gasteiger charge is -2.17. The van der Waals surface area contributed by atoms with E-state index in [0.29, 0.717) is 49.8 Å². The number of carbonyl (C=O) groups is 3. The first-order chi connectivity index (χ1) is 26.3. The van der Waals surface area contributed by atoms with E-state index in [1.54, 1.807) is 67.8 Å². The molecule has 5 aromatic carbocycles. The van der Waals surface area contributed by atoms with E-state index in [4.69, 9.17) is 18.9 Å². The van der Waals surface area contributed by atoms with Gasteiger partial charge >= 0.3 is 0 Å². The lowest BCUT2D eigenvalue weighted by Crippen LogP contribution is -2.30. The zero-order chi connectivity index (χ0) is 38.0. The molecular weight excluding hydrogens is 725 g/mol. The van der Waals surface area contributed by atoms with Crippen molar-refractivity contribution < 1.29 is 33.3 Å². The summed E-state index contributed by atoms with van der Waals surface area (Å²) in [6, 6.07) is 34.0. The molecule has 11 nitrogen and oxygen atoms in total. The molecule has 0 bridgehead atoms. The molecule has 0 aliphatic rings. The summed E-state index contributed by atoms with van der Waals surface area (Å²) in [5.41, 5.74) is 2.83. The van der Waals surface area contributed by atoms with Crippen LogP contribution in [0.25, 0.3) is 16.3 Å². The number of carbonyl (C=O) groups excluding carboxylic acids is 3. The number of hydrogen-bond donors (Lipinski definition) is 3. The van der Waals surface area contributed by atoms with Gasteiger partial charge in [0.05, 0.1) is 38.7 Å². The standard InChI is InChI=1S/C41H36N4O7S2/c1-49-29-18-19-31-35(24-29)54-41(44-31)45-40(48)37(26-12-7-5-8-13-26)53-30-17-11-16-28(23-30)42-39(47)32(43-38(46)27-14-9-6-10-15-27)20-25-21-33(50-2)36(52-4)34(22-25)51-3/h5-24,37H,1-4H3,(H,42,47)(H,43,46)(H,44,45,48)/b32-20+. The Balaban J connectivity index is 1.26. The topological polar surface area (TPSA) is 137 Å². The van der Waals surface area contributed by atoms with Crippen LogP contribution in [0.1, 0.15) is 26.7 Å². The first-order valence-corrected chi connectivity index (χ1v) is 18.2. The molecule has 274 valence electrons. The highest BCUT2D eigenvalue weighted by Crippen LogP contribution is 2.40. The van der Waals surface area contributed by atoms with E-state index in [-0.39, 0.29) is 11.6 Å². The molecule has 0 saturated carbocycles. The molecule has 0 saturated heterocycles. The number of benzene rings is 5. The number of thioether (sulfide) groups is 1. The zero-order valence-electron chi connectivity index (χ0n) is 29.7. The second-order valence-electron chi connectivity index (χ2n) is 11.6. The Morgan fingerprint density at radius 1 is 0.741 bits per heavy atom. The van der Waals surface area contributed by atoms with Crippen LogP contribution in [0, 0.1) is 0 Å². The van der Waals surface area contributed by atoms with Crippen LogP contribution in [0.5, 0.6) is 23.0 Å². The molecule has 54 heavy (non-hydrogen) atoms. The first-order valence-electron chi connectivity index (χ1n) is 16.5. The predicted octanol–water partition coefficient (Wildman–Crippen LogP) is 8.21. The Hall–Kier alpha value is -6.31. The monoisotopic (exact) mass is 760 g/mol. The fraction of sp³-hybridized carbons (Fsp3) is 0.122. The van der Waals surface area contributed by atoms with E-state index in [1.807, 2.05) is 54.6 Å². The van der Waals surface area contributed by atoms with Gasteiger partial charge in [0.2, 0.25) is 11.7 Å². The Bertz CT molecular complexity index is 2290. The average molecular weight is 761 g/mol. The van der Waals surface area contributed by atoms with Gasteiger partial charge in [-0.25, -0.2) is 4.98 Å². The highest BCUT2D eigenvalue weighted by molar-refractivity contribution is 8.00. The number of thiazole rings is 1. The Morgan fingerprint density at radius 3 is 2.11 bits per heavy atom. The highest BCUT2D eigenvalue weighted by atomic mass is 32.2. The average Bonchev–Trinajstić information content (AvgIpc) is 3.61. The van der Waals surface area contributed by atoms with E-state index in [9.17, 15) is 14.4 Å². The maximum absolute atomic E-state index is 13.9. The maximum atomic E-state index is 13.9. The lowest BCUT2D eigenvalue weighted by molar-refractivity contribution is -0.116. The van der Waals surface area contributed by atoms with Crippen molar-refractivity contribution in [2.24, 2.45) is 0 Å². The summed E-state index contributed by atoms with van der Waals surface area (Å²) in [6.07, 6.45) is 1.52. The third kappa shape index (κ3) is 9.00. The van der Waals surface area contributed by atoms with Gasteiger partial charge in [-0.2, -0.15) is 0 Å². The summed E-state index contributed by atoms with van der Waals surface area (Å²) in [5, 5.41) is 8.46. The fourth-order valence-corrected chi connectivity index (χ4v) is 7.41. The van der Waals surface area contributed by atoms with E-state index >= 15 is 0 Å². The molecule has 0 radical (unpaired) electrons. The summed E-state index contributed by atoms with van der Waals surface area (Å²) in [6.45, 7) is 0. The third-order valence-corrected chi connectivity index (χ3v) is 10.2. The number of methoxy groups -OCH3 is 4. The first kappa shape index (κ1) is 37.4. The van der Waals surface area contributed by atoms with Crippen LogP contribution < -0.4 is 34.9 Å². The quantitative estimate of drug-likeness (QED) is 0.0741. The van der Waals surface area contributed by atoms with Gasteiger partial charge < -0.3 is 34.9 Å². The second kappa shape index (κ2) is 17.5. The molecule has 0 spiro atoms. The van der Waals surface area contributed by atoms with Gasteiger partial charge in [0.1, 0.15) is 16.7 Å². The van der Waals surface area contributed by atoms with Gasteiger partial charge in [0.15, 0.2) is 16.6 Å². The van der Waals surface area contributed by atoms with Gasteiger partial charge in [-0.05, 0) is 77.9 Å². The molecule has 0 aliphatic heterocycles. The predicted molar refractivity (Wildman–Crippen MR) is 213 cm³/mol. The summed E-state index contributed by atoms with van der Waals surface area (Å²) >= 11 is 2.68. The summed E-state index contributed by atoms with van der Waals surface area (Å²) in [5.74, 6) is 0.526. The fourth-order valence-electron chi connectivity index (χ4n) is 5.43. The van der Waals surface area contributed by atoms with E-state index in [1.165, 1.54) is 50.5 Å². The van der Waals surface area contributed by atoms with Gasteiger partial charge in [0, 0.05) is 16.1 Å². The minimum Gasteiger partial charge on any atom is -0.497 e. The molecule has 1 unspecified atom stereocenters. The molecule has 0 fully saturated rings. The summed E-state index contributed by atoms with van der Waals surface area (Å²) < 4.78 is 22.7. The number of nitrogens with zero attached hydrogens (tertiary/aromatic N) is 1. The van der Waals surface area contributed by atoms with Gasteiger partial charge in [-0.3, -0.25) is 14.4 Å². The van der Waals surface area contributed by atoms with Crippen LogP contribution in [0.3, 0.4) is 0 Å². The number of ether oxygens (including phenoxy) is 4. The largest absolute Gasteiger partial charge is 0.497 e. The van der Waals surface area contributed by atoms with Crippen molar-refractivity contribution in [2.75, 3.05) is 39.1 Å². The molecular formula is C41H36N4O7S2. The number of amides is 3. The Labute approximate surface area is 320 Å². The molecule has 6 rings (SSSR count). The normalized spacial score (nSPS) is 11.7. The molecule has 13 heteroatoms. The third-order valence-electron chi connectivity index (χ3n) is 8.04. The second-order valence-corrected chi connectivity index (χ2v) is 13.8. The van der Waals surface area contributed by atoms with Crippen molar-refractivity contribution in [3.8, 4) is 23.0 Å². The van der Waals surface area contributed by atoms with E-state index in [2.05, 4.69) is 20.9 Å². The summed E-state index contributed by atoms with van der Waals surface area (Å²) in [7, 11) is 6.08. The number of hydrogen-bond acceptors (Lipinski definition) is 10. The van der Waals surface area contributed by atoms with Crippen molar-refractivity contribution in [2.45, 2.75) is 10.1 Å². The molecule has 0 aliphatic carbocycles. The molecule has 1 heterocycles. The van der Waals surface area contributed by atoms with Crippen LogP contribution >= 0.6 is 23.1 Å². The molecule has 6 aromatic rings. The smallest absolute Gasteiger partial charge is 0.272 e. The minimum atomic E-state index is -0.653. The Morgan fingerprint density at radius 2 is 1.44 bits per heavy atom. The number of rotatable bonds is 14. The molecule has 3 amide bonds. The van der Waals surface area contributed by atoms with Crippen molar-refractivity contribution in [3.63, 3.8) is 0 Å². The highest BCUT2D eigenvalue weighted by Gasteiger charge is 2.24. The van der Waals surface area contributed by atoms with Gasteiger partial charge in [-0.1, -0.05) is 65.9 Å². The number of aromatic nitrogens is 1. The van der Waals surface area contributed by atoms with Crippen LogP contribution in [0.2, 0.25) is 0 Å². The maximum Gasteiger partial charge on any atom is 0.272 e. The van der Waals surface area contributed by atoms with Crippen LogP contribution in [0.15, 0.2) is 126 Å². The lowest BCUT2D eigenvalue weighted by atomic mass is 10.1. The number of fused-ring (bicyclic) bond motifs is 1. The van der Waals surface area contributed by atoms with E-state index < -0.39 is 17.1 Å². The van der Waals surface area contributed by atoms with E-state index in [0.717, 1.165) is 15.8 Å². The van der Waals surface area contributed by atoms with Gasteiger partial charge in [0.25, 0.3) is 11.8 Å². The zero-order valence-corrected chi connectivity index (χ0v) is 31.4. The molecule has 1 atom stereocenters. The summed E-state index contributed by atoms with van der Waals surface area (Å²) in [4.78, 5) is 46.4. The minimum absolute atomic E-state index is 0.0359.